The Kier molecular flexibility index (Phi) is 6.53. The fourth-order valence-electron chi connectivity index (χ4n) is 3.85. The molecule has 0 aromatic heterocycles. The monoisotopic (exact) mass is 484 g/mol. The summed E-state index contributed by atoms with van der Waals surface area (Å²) < 4.78 is 16.5. The van der Waals surface area contributed by atoms with Crippen LogP contribution in [0.5, 0.6) is 17.2 Å². The molecule has 2 aliphatic rings. The highest BCUT2D eigenvalue weighted by molar-refractivity contribution is 6.08. The van der Waals surface area contributed by atoms with Crippen LogP contribution in [0.1, 0.15) is 5.56 Å². The number of hydrogen-bond donors (Lipinski definition) is 1. The van der Waals surface area contributed by atoms with Crippen LogP contribution >= 0.6 is 0 Å². The number of hydrogen-bond acceptors (Lipinski definition) is 6. The number of fused-ring (bicyclic) bond motifs is 1. The van der Waals surface area contributed by atoms with Crippen LogP contribution in [0.25, 0.3) is 0 Å². The van der Waals surface area contributed by atoms with E-state index in [9.17, 15) is 9.59 Å². The van der Waals surface area contributed by atoms with Crippen molar-refractivity contribution in [2.75, 3.05) is 25.5 Å². The minimum absolute atomic E-state index is 0.0879. The SMILES string of the molecule is COc1cccc(CN2CCN3C(C(=O)Nc4ccc(Oc5ccccc5)cc4)=COC3=NC2=O)c1. The maximum atomic E-state index is 13.0. The van der Waals surface area contributed by atoms with Gasteiger partial charge in [-0.1, -0.05) is 30.3 Å². The third-order valence-electron chi connectivity index (χ3n) is 5.68. The number of rotatable bonds is 7. The van der Waals surface area contributed by atoms with Gasteiger partial charge in [-0.25, -0.2) is 4.79 Å². The molecule has 9 heteroatoms. The van der Waals surface area contributed by atoms with E-state index in [1.54, 1.807) is 41.2 Å². The van der Waals surface area contributed by atoms with Crippen molar-refractivity contribution in [2.24, 2.45) is 4.99 Å². The van der Waals surface area contributed by atoms with Gasteiger partial charge in [-0.3, -0.25) is 9.69 Å². The molecule has 0 aliphatic carbocycles. The van der Waals surface area contributed by atoms with Gasteiger partial charge in [-0.05, 0) is 54.1 Å². The molecule has 36 heavy (non-hydrogen) atoms. The first-order valence-corrected chi connectivity index (χ1v) is 11.4. The summed E-state index contributed by atoms with van der Waals surface area (Å²) in [5.74, 6) is 1.72. The Bertz CT molecular complexity index is 1320. The smallest absolute Gasteiger partial charge is 0.348 e. The Balaban J connectivity index is 1.21. The van der Waals surface area contributed by atoms with Crippen LogP contribution in [-0.2, 0) is 16.1 Å². The predicted octanol–water partition coefficient (Wildman–Crippen LogP) is 4.59. The number of methoxy groups -OCH3 is 1. The molecule has 0 saturated heterocycles. The van der Waals surface area contributed by atoms with Crippen molar-refractivity contribution in [3.63, 3.8) is 0 Å². The molecule has 3 amide bonds. The van der Waals surface area contributed by atoms with Gasteiger partial charge in [0.2, 0.25) is 0 Å². The Morgan fingerprint density at radius 2 is 1.72 bits per heavy atom. The number of aliphatic imine (C=N–C) groups is 1. The van der Waals surface area contributed by atoms with E-state index in [0.717, 1.165) is 11.3 Å². The number of ether oxygens (including phenoxy) is 3. The van der Waals surface area contributed by atoms with E-state index in [1.807, 2.05) is 54.6 Å². The maximum Gasteiger partial charge on any atom is 0.348 e. The first kappa shape index (κ1) is 23.0. The zero-order chi connectivity index (χ0) is 24.9. The number of amides is 3. The third-order valence-corrected chi connectivity index (χ3v) is 5.68. The molecule has 0 spiro atoms. The van der Waals surface area contributed by atoms with Gasteiger partial charge in [-0.15, -0.1) is 4.99 Å². The molecule has 182 valence electrons. The molecule has 1 N–H and O–H groups in total. The number of carbonyl (C=O) groups is 2. The lowest BCUT2D eigenvalue weighted by Gasteiger charge is -2.21. The standard InChI is InChI=1S/C27H24N4O5/c1-34-23-9-5-6-19(16-23)17-30-14-15-31-24(18-35-27(31)29-26(30)33)25(32)28-20-10-12-22(13-11-20)36-21-7-3-2-4-8-21/h2-13,16,18H,14-15,17H2,1H3,(H,28,32). The molecule has 3 aromatic carbocycles. The number of amidine groups is 1. The molecule has 0 radical (unpaired) electrons. The summed E-state index contributed by atoms with van der Waals surface area (Å²) >= 11 is 0. The van der Waals surface area contributed by atoms with Gasteiger partial charge in [0, 0.05) is 25.3 Å². The molecule has 5 rings (SSSR count). The zero-order valence-corrected chi connectivity index (χ0v) is 19.6. The number of benzene rings is 3. The topological polar surface area (TPSA) is 92.7 Å². The number of para-hydroxylation sites is 1. The molecule has 2 heterocycles. The van der Waals surface area contributed by atoms with E-state index >= 15 is 0 Å². The Hall–Kier alpha value is -4.79. The van der Waals surface area contributed by atoms with Crippen molar-refractivity contribution in [3.8, 4) is 17.2 Å². The highest BCUT2D eigenvalue weighted by Crippen LogP contribution is 2.25. The minimum Gasteiger partial charge on any atom is -0.497 e. The van der Waals surface area contributed by atoms with Crippen molar-refractivity contribution in [3.05, 3.63) is 96.4 Å². The molecule has 2 aliphatic heterocycles. The van der Waals surface area contributed by atoms with Crippen LogP contribution in [0.15, 0.2) is 95.8 Å². The van der Waals surface area contributed by atoms with Crippen LogP contribution in [-0.4, -0.2) is 48.0 Å². The van der Waals surface area contributed by atoms with E-state index in [2.05, 4.69) is 10.3 Å². The lowest BCUT2D eigenvalue weighted by molar-refractivity contribution is -0.113. The molecule has 3 aromatic rings. The van der Waals surface area contributed by atoms with Gasteiger partial charge in [0.1, 0.15) is 29.2 Å². The molecule has 0 unspecified atom stereocenters. The van der Waals surface area contributed by atoms with Gasteiger partial charge < -0.3 is 24.4 Å². The molecular formula is C27H24N4O5. The summed E-state index contributed by atoms with van der Waals surface area (Å²) in [6.45, 7) is 1.09. The van der Waals surface area contributed by atoms with E-state index in [0.29, 0.717) is 36.8 Å². The highest BCUT2D eigenvalue weighted by atomic mass is 16.5. The van der Waals surface area contributed by atoms with E-state index < -0.39 is 6.03 Å². The van der Waals surface area contributed by atoms with Gasteiger partial charge in [0.25, 0.3) is 5.91 Å². The fourth-order valence-corrected chi connectivity index (χ4v) is 3.85. The molecule has 0 bridgehead atoms. The molecule has 0 atom stereocenters. The summed E-state index contributed by atoms with van der Waals surface area (Å²) in [6, 6.07) is 23.7. The Labute approximate surface area is 208 Å². The Morgan fingerprint density at radius 1 is 0.972 bits per heavy atom. The van der Waals surface area contributed by atoms with Crippen LogP contribution < -0.4 is 14.8 Å². The lowest BCUT2D eigenvalue weighted by atomic mass is 10.2. The summed E-state index contributed by atoms with van der Waals surface area (Å²) in [6.07, 6.45) is 1.31. The highest BCUT2D eigenvalue weighted by Gasteiger charge is 2.33. The number of urea groups is 1. The van der Waals surface area contributed by atoms with Crippen molar-refractivity contribution < 1.29 is 23.8 Å². The zero-order valence-electron chi connectivity index (χ0n) is 19.6. The molecule has 0 fully saturated rings. The minimum atomic E-state index is -0.431. The lowest BCUT2D eigenvalue weighted by Crippen LogP contribution is -2.36. The second kappa shape index (κ2) is 10.2. The normalized spacial score (nSPS) is 14.8. The summed E-state index contributed by atoms with van der Waals surface area (Å²) in [5.41, 5.74) is 1.78. The number of nitrogens with zero attached hydrogens (tertiary/aromatic N) is 3. The van der Waals surface area contributed by atoms with Gasteiger partial charge in [-0.2, -0.15) is 0 Å². The van der Waals surface area contributed by atoms with Crippen molar-refractivity contribution in [1.82, 2.24) is 9.80 Å². The summed E-state index contributed by atoms with van der Waals surface area (Å²) in [5, 5.41) is 2.85. The van der Waals surface area contributed by atoms with Crippen molar-refractivity contribution in [1.29, 1.82) is 0 Å². The second-order valence-electron chi connectivity index (χ2n) is 8.12. The van der Waals surface area contributed by atoms with Crippen LogP contribution in [0.2, 0.25) is 0 Å². The van der Waals surface area contributed by atoms with Crippen LogP contribution in [0, 0.1) is 0 Å². The second-order valence-corrected chi connectivity index (χ2v) is 8.12. The number of nitrogens with one attached hydrogen (secondary N) is 1. The van der Waals surface area contributed by atoms with Crippen LogP contribution in [0.4, 0.5) is 10.5 Å². The van der Waals surface area contributed by atoms with E-state index in [1.165, 1.54) is 6.26 Å². The van der Waals surface area contributed by atoms with E-state index in [4.69, 9.17) is 14.2 Å². The fraction of sp³-hybridized carbons (Fsp3) is 0.148. The summed E-state index contributed by atoms with van der Waals surface area (Å²) in [4.78, 5) is 33.0. The maximum absolute atomic E-state index is 13.0. The first-order chi connectivity index (χ1) is 17.6. The molecule has 9 nitrogen and oxygen atoms in total. The average molecular weight is 485 g/mol. The van der Waals surface area contributed by atoms with Crippen molar-refractivity contribution in [2.45, 2.75) is 6.54 Å². The van der Waals surface area contributed by atoms with E-state index in [-0.39, 0.29) is 17.6 Å². The third kappa shape index (κ3) is 5.15. The summed E-state index contributed by atoms with van der Waals surface area (Å²) in [7, 11) is 1.60. The molecule has 0 saturated carbocycles. The van der Waals surface area contributed by atoms with Gasteiger partial charge >= 0.3 is 12.1 Å². The number of anilines is 1. The van der Waals surface area contributed by atoms with Gasteiger partial charge in [0.05, 0.1) is 7.11 Å². The quantitative estimate of drug-likeness (QED) is 0.527. The molecular weight excluding hydrogens is 460 g/mol. The van der Waals surface area contributed by atoms with Crippen molar-refractivity contribution >= 4 is 23.6 Å². The van der Waals surface area contributed by atoms with Crippen LogP contribution in [0.3, 0.4) is 0 Å². The Morgan fingerprint density at radius 3 is 2.50 bits per heavy atom. The number of carbonyl (C=O) groups excluding carboxylic acids is 2. The van der Waals surface area contributed by atoms with Gasteiger partial charge in [0.15, 0.2) is 0 Å². The first-order valence-electron chi connectivity index (χ1n) is 11.4. The predicted molar refractivity (Wildman–Crippen MR) is 134 cm³/mol. The largest absolute Gasteiger partial charge is 0.497 e. The average Bonchev–Trinajstić information content (AvgIpc) is 3.23.